The van der Waals surface area contributed by atoms with Crippen LogP contribution in [0.3, 0.4) is 0 Å². The van der Waals surface area contributed by atoms with Gasteiger partial charge in [0.25, 0.3) is 5.91 Å². The van der Waals surface area contributed by atoms with Crippen molar-refractivity contribution < 1.29 is 4.79 Å². The Morgan fingerprint density at radius 1 is 1.00 bits per heavy atom. The number of nitrogens with zero attached hydrogens (tertiary/aromatic N) is 1. The summed E-state index contributed by atoms with van der Waals surface area (Å²) in [6.45, 7) is 0.496. The largest absolute Gasteiger partial charge is 0.348 e. The molecular formula is C21H15BrN2OS. The van der Waals surface area contributed by atoms with E-state index in [-0.39, 0.29) is 5.91 Å². The topological polar surface area (TPSA) is 42.0 Å². The van der Waals surface area contributed by atoms with Crippen molar-refractivity contribution in [2.24, 2.45) is 0 Å². The van der Waals surface area contributed by atoms with E-state index in [2.05, 4.69) is 21.2 Å². The normalized spacial score (nSPS) is 10.8. The third kappa shape index (κ3) is 3.54. The molecule has 0 atom stereocenters. The Hall–Kier alpha value is -2.50. The van der Waals surface area contributed by atoms with E-state index in [1.807, 2.05) is 72.8 Å². The second-order valence-electron chi connectivity index (χ2n) is 5.84. The molecule has 0 aliphatic rings. The highest BCUT2D eigenvalue weighted by molar-refractivity contribution is 9.11. The lowest BCUT2D eigenvalue weighted by Gasteiger charge is -2.10. The molecule has 4 aromatic rings. The van der Waals surface area contributed by atoms with Crippen LogP contribution in [0.15, 0.2) is 76.6 Å². The van der Waals surface area contributed by atoms with Gasteiger partial charge in [0.05, 0.1) is 25.4 Å². The molecule has 0 fully saturated rings. The Kier molecular flexibility index (Phi) is 4.82. The smallest absolute Gasteiger partial charge is 0.252 e. The number of para-hydroxylation sites is 1. The molecule has 0 saturated carbocycles. The monoisotopic (exact) mass is 422 g/mol. The third-order valence-electron chi connectivity index (χ3n) is 4.08. The average molecular weight is 423 g/mol. The molecular weight excluding hydrogens is 408 g/mol. The highest BCUT2D eigenvalue weighted by Crippen LogP contribution is 2.32. The van der Waals surface area contributed by atoms with Crippen LogP contribution in [-0.4, -0.2) is 10.9 Å². The van der Waals surface area contributed by atoms with E-state index < -0.39 is 0 Å². The van der Waals surface area contributed by atoms with E-state index in [1.165, 1.54) is 0 Å². The van der Waals surface area contributed by atoms with E-state index in [1.54, 1.807) is 11.3 Å². The van der Waals surface area contributed by atoms with Crippen LogP contribution < -0.4 is 5.32 Å². The Morgan fingerprint density at radius 3 is 2.54 bits per heavy atom. The molecule has 0 spiro atoms. The molecule has 2 aromatic heterocycles. The van der Waals surface area contributed by atoms with E-state index >= 15 is 0 Å². The molecule has 0 unspecified atom stereocenters. The van der Waals surface area contributed by atoms with Gasteiger partial charge in [0, 0.05) is 11.9 Å². The molecule has 1 amide bonds. The van der Waals surface area contributed by atoms with Gasteiger partial charge in [-0.05, 0) is 45.8 Å². The summed E-state index contributed by atoms with van der Waals surface area (Å²) in [5, 5.41) is 3.88. The molecule has 3 nitrogen and oxygen atoms in total. The number of benzene rings is 2. The predicted octanol–water partition coefficient (Wildman–Crippen LogP) is 5.66. The minimum absolute atomic E-state index is 0.0932. The number of carbonyl (C=O) groups is 1. The number of fused-ring (bicyclic) bond motifs is 1. The summed E-state index contributed by atoms with van der Waals surface area (Å²) < 4.78 is 1.04. The molecule has 0 radical (unpaired) electrons. The number of amides is 1. The van der Waals surface area contributed by atoms with Crippen LogP contribution >= 0.6 is 27.3 Å². The molecule has 2 heterocycles. The van der Waals surface area contributed by atoms with Gasteiger partial charge < -0.3 is 5.32 Å². The fourth-order valence-corrected chi connectivity index (χ4v) is 4.16. The average Bonchev–Trinajstić information content (AvgIpc) is 3.12. The van der Waals surface area contributed by atoms with Gasteiger partial charge in [-0.1, -0.05) is 48.5 Å². The van der Waals surface area contributed by atoms with E-state index in [0.29, 0.717) is 12.1 Å². The van der Waals surface area contributed by atoms with Crippen LogP contribution in [0.5, 0.6) is 0 Å². The Bertz CT molecular complexity index is 1080. The zero-order valence-electron chi connectivity index (χ0n) is 13.8. The van der Waals surface area contributed by atoms with Crippen LogP contribution in [-0.2, 0) is 6.54 Å². The number of pyridine rings is 1. The summed E-state index contributed by atoms with van der Waals surface area (Å²) in [5.41, 5.74) is 3.34. The van der Waals surface area contributed by atoms with Gasteiger partial charge in [-0.25, -0.2) is 4.98 Å². The fourth-order valence-electron chi connectivity index (χ4n) is 2.81. The number of rotatable bonds is 4. The van der Waals surface area contributed by atoms with Gasteiger partial charge in [0.15, 0.2) is 0 Å². The second kappa shape index (κ2) is 7.40. The van der Waals surface area contributed by atoms with Crippen LogP contribution in [0.25, 0.3) is 21.5 Å². The van der Waals surface area contributed by atoms with Crippen LogP contribution in [0.2, 0.25) is 0 Å². The van der Waals surface area contributed by atoms with Crippen LogP contribution in [0.4, 0.5) is 0 Å². The molecule has 0 saturated heterocycles. The number of carbonyl (C=O) groups excluding carboxylic acids is 1. The molecule has 26 heavy (non-hydrogen) atoms. The van der Waals surface area contributed by atoms with Crippen LogP contribution in [0.1, 0.15) is 15.9 Å². The highest BCUT2D eigenvalue weighted by Gasteiger charge is 2.14. The third-order valence-corrected chi connectivity index (χ3v) is 5.73. The zero-order valence-corrected chi connectivity index (χ0v) is 16.2. The number of aromatic nitrogens is 1. The number of thiophene rings is 1. The predicted molar refractivity (Wildman–Crippen MR) is 110 cm³/mol. The first-order valence-corrected chi connectivity index (χ1v) is 9.79. The summed E-state index contributed by atoms with van der Waals surface area (Å²) in [4.78, 5) is 18.6. The van der Waals surface area contributed by atoms with Crippen molar-refractivity contribution in [1.29, 1.82) is 0 Å². The van der Waals surface area contributed by atoms with Gasteiger partial charge in [-0.3, -0.25) is 4.79 Å². The summed E-state index contributed by atoms with van der Waals surface area (Å²) in [5.74, 6) is -0.0932. The first-order valence-electron chi connectivity index (χ1n) is 8.18. The molecule has 0 bridgehead atoms. The minimum Gasteiger partial charge on any atom is -0.348 e. The maximum atomic E-state index is 12.9. The SMILES string of the molecule is O=C(NCc1ccccc1)c1cc(-c2ccc(Br)s2)nc2ccccc12. The van der Waals surface area contributed by atoms with E-state index in [4.69, 9.17) is 4.98 Å². The lowest BCUT2D eigenvalue weighted by Crippen LogP contribution is -2.23. The minimum atomic E-state index is -0.0932. The number of hydrogen-bond acceptors (Lipinski definition) is 3. The van der Waals surface area contributed by atoms with Crippen molar-refractivity contribution in [2.75, 3.05) is 0 Å². The maximum absolute atomic E-state index is 12.9. The number of halogens is 1. The van der Waals surface area contributed by atoms with Crippen molar-refractivity contribution in [3.05, 3.63) is 87.7 Å². The lowest BCUT2D eigenvalue weighted by atomic mass is 10.1. The van der Waals surface area contributed by atoms with Crippen LogP contribution in [0, 0.1) is 0 Å². The van der Waals surface area contributed by atoms with Gasteiger partial charge in [0.1, 0.15) is 0 Å². The zero-order chi connectivity index (χ0) is 17.9. The van der Waals surface area contributed by atoms with Gasteiger partial charge in [-0.2, -0.15) is 0 Å². The maximum Gasteiger partial charge on any atom is 0.252 e. The molecule has 4 rings (SSSR count). The first-order chi connectivity index (χ1) is 12.7. The molecule has 1 N–H and O–H groups in total. The number of nitrogens with one attached hydrogen (secondary N) is 1. The Labute approximate surface area is 163 Å². The summed E-state index contributed by atoms with van der Waals surface area (Å²) in [6, 6.07) is 23.5. The van der Waals surface area contributed by atoms with Crippen molar-refractivity contribution >= 4 is 44.1 Å². The lowest BCUT2D eigenvalue weighted by molar-refractivity contribution is 0.0952. The van der Waals surface area contributed by atoms with E-state index in [0.717, 1.165) is 30.8 Å². The summed E-state index contributed by atoms with van der Waals surface area (Å²) >= 11 is 5.09. The molecule has 2 aromatic carbocycles. The summed E-state index contributed by atoms with van der Waals surface area (Å²) in [6.07, 6.45) is 0. The molecule has 5 heteroatoms. The highest BCUT2D eigenvalue weighted by atomic mass is 79.9. The molecule has 0 aliphatic carbocycles. The quantitative estimate of drug-likeness (QED) is 0.461. The molecule has 0 aliphatic heterocycles. The van der Waals surface area contributed by atoms with Gasteiger partial charge >= 0.3 is 0 Å². The van der Waals surface area contributed by atoms with Gasteiger partial charge in [-0.15, -0.1) is 11.3 Å². The fraction of sp³-hybridized carbons (Fsp3) is 0.0476. The van der Waals surface area contributed by atoms with Crippen molar-refractivity contribution in [1.82, 2.24) is 10.3 Å². The second-order valence-corrected chi connectivity index (χ2v) is 8.31. The van der Waals surface area contributed by atoms with Gasteiger partial charge in [0.2, 0.25) is 0 Å². The van der Waals surface area contributed by atoms with Crippen molar-refractivity contribution in [2.45, 2.75) is 6.54 Å². The van der Waals surface area contributed by atoms with E-state index in [9.17, 15) is 4.79 Å². The summed E-state index contributed by atoms with van der Waals surface area (Å²) in [7, 11) is 0. The molecule has 128 valence electrons. The standard InChI is InChI=1S/C21H15BrN2OS/c22-20-11-10-19(26-20)18-12-16(15-8-4-5-9-17(15)24-18)21(25)23-13-14-6-2-1-3-7-14/h1-12H,13H2,(H,23,25). The number of hydrogen-bond donors (Lipinski definition) is 1. The first kappa shape index (κ1) is 16.9. The van der Waals surface area contributed by atoms with Crippen molar-refractivity contribution in [3.8, 4) is 10.6 Å². The Morgan fingerprint density at radius 2 is 1.77 bits per heavy atom. The Balaban J connectivity index is 1.71. The van der Waals surface area contributed by atoms with Crippen molar-refractivity contribution in [3.63, 3.8) is 0 Å².